The van der Waals surface area contributed by atoms with Crippen LogP contribution in [0.1, 0.15) is 17.4 Å². The summed E-state index contributed by atoms with van der Waals surface area (Å²) in [5.41, 5.74) is 2.44. The lowest BCUT2D eigenvalue weighted by atomic mass is 10.1. The first-order valence-corrected chi connectivity index (χ1v) is 9.34. The largest absolute Gasteiger partial charge is 0.346 e. The molecule has 1 aromatic rings. The van der Waals surface area contributed by atoms with Crippen LogP contribution in [0.5, 0.6) is 0 Å². The molecule has 2 heterocycles. The molecule has 0 radical (unpaired) electrons. The van der Waals surface area contributed by atoms with E-state index in [0.29, 0.717) is 13.2 Å². The summed E-state index contributed by atoms with van der Waals surface area (Å²) in [5.74, 6) is 3.90. The number of hydrogen-bond donors (Lipinski definition) is 1. The van der Waals surface area contributed by atoms with E-state index in [0.717, 1.165) is 23.9 Å². The first kappa shape index (κ1) is 14.7. The Kier molecular flexibility index (Phi) is 5.67. The predicted molar refractivity (Wildman–Crippen MR) is 86.4 cm³/mol. The monoisotopic (exact) mass is 311 g/mol. The maximum Gasteiger partial charge on any atom is 0.184 e. The van der Waals surface area contributed by atoms with Crippen LogP contribution in [-0.2, 0) is 16.0 Å². The van der Waals surface area contributed by atoms with Crippen LogP contribution >= 0.6 is 23.5 Å². The number of nitrogens with one attached hydrogen (secondary N) is 1. The normalized spacial score (nSPS) is 24.1. The Morgan fingerprint density at radius 2 is 1.90 bits per heavy atom. The van der Waals surface area contributed by atoms with Crippen molar-refractivity contribution in [1.29, 1.82) is 0 Å². The lowest BCUT2D eigenvalue weighted by Gasteiger charge is -2.21. The van der Waals surface area contributed by atoms with Gasteiger partial charge in [-0.1, -0.05) is 24.3 Å². The number of rotatable bonds is 5. The average Bonchev–Trinajstić information content (AvgIpc) is 3.03. The molecule has 20 heavy (non-hydrogen) atoms. The third kappa shape index (κ3) is 4.15. The quantitative estimate of drug-likeness (QED) is 0.903. The van der Waals surface area contributed by atoms with Crippen LogP contribution in [0.2, 0.25) is 0 Å². The highest BCUT2D eigenvalue weighted by atomic mass is 32.2. The number of thioether (sulfide) groups is 2. The second-order valence-corrected chi connectivity index (χ2v) is 7.57. The fraction of sp³-hybridized carbons (Fsp3) is 0.600. The minimum atomic E-state index is -0.160. The number of hydrogen-bond acceptors (Lipinski definition) is 5. The van der Waals surface area contributed by atoms with E-state index in [2.05, 4.69) is 53.1 Å². The van der Waals surface area contributed by atoms with Gasteiger partial charge in [-0.25, -0.2) is 0 Å². The van der Waals surface area contributed by atoms with E-state index in [1.165, 1.54) is 22.8 Å². The molecule has 0 amide bonds. The van der Waals surface area contributed by atoms with Crippen molar-refractivity contribution in [1.82, 2.24) is 5.32 Å². The van der Waals surface area contributed by atoms with E-state index in [1.54, 1.807) is 0 Å². The molecular weight excluding hydrogens is 290 g/mol. The van der Waals surface area contributed by atoms with Gasteiger partial charge in [-0.2, -0.15) is 23.5 Å². The molecule has 0 aromatic heterocycles. The molecule has 2 fully saturated rings. The Labute approximate surface area is 129 Å². The third-order valence-corrected chi connectivity index (χ3v) is 6.30. The molecule has 1 atom stereocenters. The number of benzene rings is 1. The topological polar surface area (TPSA) is 30.5 Å². The van der Waals surface area contributed by atoms with Gasteiger partial charge in [0, 0.05) is 41.2 Å². The zero-order valence-corrected chi connectivity index (χ0v) is 13.2. The van der Waals surface area contributed by atoms with Gasteiger partial charge in [0.05, 0.1) is 13.2 Å². The van der Waals surface area contributed by atoms with Crippen molar-refractivity contribution in [3.05, 3.63) is 35.4 Å². The molecule has 0 spiro atoms. The zero-order chi connectivity index (χ0) is 13.6. The van der Waals surface area contributed by atoms with Crippen molar-refractivity contribution in [3.8, 4) is 0 Å². The molecule has 1 N–H and O–H groups in total. The molecule has 0 saturated carbocycles. The minimum absolute atomic E-state index is 0.160. The van der Waals surface area contributed by atoms with E-state index < -0.39 is 0 Å². The summed E-state index contributed by atoms with van der Waals surface area (Å²) in [5, 5.41) is 4.34. The van der Waals surface area contributed by atoms with E-state index in [1.807, 2.05) is 0 Å². The maximum atomic E-state index is 5.50. The van der Waals surface area contributed by atoms with Crippen LogP contribution in [0.25, 0.3) is 0 Å². The molecule has 2 aliphatic heterocycles. The van der Waals surface area contributed by atoms with Crippen LogP contribution in [0, 0.1) is 0 Å². The van der Waals surface area contributed by atoms with Crippen molar-refractivity contribution in [2.75, 3.05) is 37.0 Å². The van der Waals surface area contributed by atoms with Crippen molar-refractivity contribution in [2.24, 2.45) is 0 Å². The Balaban J connectivity index is 1.43. The standard InChI is InChI=1S/C15H21NO2S2/c1-3-13(15-17-5-6-18-15)4-2-12(1)9-16-10-14-11-19-7-8-20-14/h1-4,14-16H,5-11H2. The molecule has 1 unspecified atom stereocenters. The SMILES string of the molecule is c1cc(C2OCCO2)ccc1CNCC1CSCCS1. The maximum absolute atomic E-state index is 5.50. The highest BCUT2D eigenvalue weighted by Gasteiger charge is 2.17. The van der Waals surface area contributed by atoms with Gasteiger partial charge in [-0.05, 0) is 5.56 Å². The van der Waals surface area contributed by atoms with Gasteiger partial charge in [-0.3, -0.25) is 0 Å². The lowest BCUT2D eigenvalue weighted by molar-refractivity contribution is -0.0441. The van der Waals surface area contributed by atoms with Crippen LogP contribution in [0.15, 0.2) is 24.3 Å². The molecule has 110 valence electrons. The number of ether oxygens (including phenoxy) is 2. The fourth-order valence-corrected chi connectivity index (χ4v) is 5.02. The Morgan fingerprint density at radius 3 is 2.60 bits per heavy atom. The van der Waals surface area contributed by atoms with Gasteiger partial charge in [-0.15, -0.1) is 0 Å². The summed E-state index contributed by atoms with van der Waals surface area (Å²) >= 11 is 4.18. The van der Waals surface area contributed by atoms with E-state index in [9.17, 15) is 0 Å². The van der Waals surface area contributed by atoms with Gasteiger partial charge in [0.2, 0.25) is 0 Å². The van der Waals surface area contributed by atoms with Gasteiger partial charge >= 0.3 is 0 Å². The van der Waals surface area contributed by atoms with Crippen LogP contribution < -0.4 is 5.32 Å². The minimum Gasteiger partial charge on any atom is -0.346 e. The summed E-state index contributed by atoms with van der Waals surface area (Å²) in [6.07, 6.45) is -0.160. The van der Waals surface area contributed by atoms with Gasteiger partial charge in [0.15, 0.2) is 6.29 Å². The molecule has 0 bridgehead atoms. The summed E-state index contributed by atoms with van der Waals surface area (Å²) in [4.78, 5) is 0. The fourth-order valence-electron chi connectivity index (χ4n) is 2.38. The van der Waals surface area contributed by atoms with Gasteiger partial charge in [0.1, 0.15) is 0 Å². The molecular formula is C15H21NO2S2. The van der Waals surface area contributed by atoms with Gasteiger partial charge < -0.3 is 14.8 Å². The van der Waals surface area contributed by atoms with Crippen LogP contribution in [-0.4, -0.2) is 42.3 Å². The second-order valence-electron chi connectivity index (χ2n) is 5.01. The lowest BCUT2D eigenvalue weighted by Crippen LogP contribution is -2.28. The molecule has 5 heteroatoms. The van der Waals surface area contributed by atoms with E-state index in [4.69, 9.17) is 9.47 Å². The van der Waals surface area contributed by atoms with Gasteiger partial charge in [0.25, 0.3) is 0 Å². The smallest absolute Gasteiger partial charge is 0.184 e. The van der Waals surface area contributed by atoms with Crippen LogP contribution in [0.3, 0.4) is 0 Å². The molecule has 1 aromatic carbocycles. The molecule has 2 aliphatic rings. The van der Waals surface area contributed by atoms with Crippen molar-refractivity contribution < 1.29 is 9.47 Å². The molecule has 2 saturated heterocycles. The molecule has 3 nitrogen and oxygen atoms in total. The first-order valence-electron chi connectivity index (χ1n) is 7.14. The van der Waals surface area contributed by atoms with E-state index >= 15 is 0 Å². The predicted octanol–water partition coefficient (Wildman–Crippen LogP) is 2.67. The first-order chi connectivity index (χ1) is 9.92. The molecule has 0 aliphatic carbocycles. The van der Waals surface area contributed by atoms with Crippen molar-refractivity contribution in [2.45, 2.75) is 18.1 Å². The summed E-state index contributed by atoms with van der Waals surface area (Å²) < 4.78 is 11.0. The van der Waals surface area contributed by atoms with E-state index in [-0.39, 0.29) is 6.29 Å². The Morgan fingerprint density at radius 1 is 1.10 bits per heavy atom. The summed E-state index contributed by atoms with van der Waals surface area (Å²) in [6, 6.07) is 8.54. The Bertz CT molecular complexity index is 401. The summed E-state index contributed by atoms with van der Waals surface area (Å²) in [7, 11) is 0. The highest BCUT2D eigenvalue weighted by molar-refractivity contribution is 8.06. The molecule has 3 rings (SSSR count). The second kappa shape index (κ2) is 7.71. The average molecular weight is 311 g/mol. The third-order valence-electron chi connectivity index (χ3n) is 3.46. The zero-order valence-electron chi connectivity index (χ0n) is 11.5. The van der Waals surface area contributed by atoms with Crippen molar-refractivity contribution >= 4 is 23.5 Å². The Hall–Kier alpha value is -0.200. The van der Waals surface area contributed by atoms with Crippen LogP contribution in [0.4, 0.5) is 0 Å². The highest BCUT2D eigenvalue weighted by Crippen LogP contribution is 2.24. The summed E-state index contributed by atoms with van der Waals surface area (Å²) in [6.45, 7) is 3.44. The van der Waals surface area contributed by atoms with Crippen molar-refractivity contribution in [3.63, 3.8) is 0 Å².